The minimum absolute atomic E-state index is 0.231. The van der Waals surface area contributed by atoms with Gasteiger partial charge in [0.05, 0.1) is 12.6 Å². The third-order valence-corrected chi connectivity index (χ3v) is 8.07. The predicted octanol–water partition coefficient (Wildman–Crippen LogP) is 6.68. The van der Waals surface area contributed by atoms with Gasteiger partial charge >= 0.3 is 0 Å². The molecule has 4 nitrogen and oxygen atoms in total. The van der Waals surface area contributed by atoms with Crippen molar-refractivity contribution in [3.05, 3.63) is 70.3 Å². The van der Waals surface area contributed by atoms with Gasteiger partial charge < -0.3 is 9.80 Å². The van der Waals surface area contributed by atoms with E-state index in [4.69, 9.17) is 6.57 Å². The second kappa shape index (κ2) is 12.9. The van der Waals surface area contributed by atoms with E-state index in [0.717, 1.165) is 29.6 Å². The van der Waals surface area contributed by atoms with Gasteiger partial charge in [-0.3, -0.25) is 0 Å². The van der Waals surface area contributed by atoms with Crippen LogP contribution in [-0.4, -0.2) is 50.1 Å². The number of rotatable bonds is 6. The van der Waals surface area contributed by atoms with Crippen LogP contribution in [0.5, 0.6) is 0 Å². The second-order valence-corrected chi connectivity index (χ2v) is 10.7. The lowest BCUT2D eigenvalue weighted by Gasteiger charge is -2.31. The predicted molar refractivity (Wildman–Crippen MR) is 142 cm³/mol. The van der Waals surface area contributed by atoms with Crippen molar-refractivity contribution in [3.8, 4) is 6.07 Å². The molecule has 0 amide bonds. The smallest absolute Gasteiger partial charge is 0.269 e. The van der Waals surface area contributed by atoms with Crippen LogP contribution in [-0.2, 0) is 0 Å². The maximum atomic E-state index is 9.60. The molecule has 0 unspecified atom stereocenters. The Morgan fingerprint density at radius 2 is 1.21 bits per heavy atom. The van der Waals surface area contributed by atoms with Crippen molar-refractivity contribution in [1.29, 1.82) is 5.26 Å². The summed E-state index contributed by atoms with van der Waals surface area (Å²) in [5.41, 5.74) is 3.38. The van der Waals surface area contributed by atoms with E-state index in [2.05, 4.69) is 85.4 Å². The molecule has 3 aliphatic rings. The van der Waals surface area contributed by atoms with Gasteiger partial charge in [-0.05, 0) is 121 Å². The van der Waals surface area contributed by atoms with Gasteiger partial charge in [0.1, 0.15) is 0 Å². The van der Waals surface area contributed by atoms with Crippen LogP contribution in [0.4, 0.5) is 0 Å². The van der Waals surface area contributed by atoms with E-state index in [1.807, 2.05) is 0 Å². The second-order valence-electron chi connectivity index (χ2n) is 10.7. The van der Waals surface area contributed by atoms with Gasteiger partial charge in [-0.2, -0.15) is 0 Å². The molecule has 0 aromatic rings. The maximum absolute atomic E-state index is 9.60. The standard InChI is InChI=1S/C30H42N4/c1-32-29(22-31)30-25(10-6-8-23-12-18-27(19-13-23)33(2)3)16-17-26(30)11-7-9-24-14-20-28(21-15-24)34(4)5/h6-11,23-24,27-28H,12-21H2,2-5H3. The number of hydrogen-bond donors (Lipinski definition) is 0. The molecule has 3 rings (SSSR count). The lowest BCUT2D eigenvalue weighted by molar-refractivity contribution is 0.209. The van der Waals surface area contributed by atoms with Crippen LogP contribution in [0, 0.1) is 29.7 Å². The third kappa shape index (κ3) is 7.05. The molecule has 0 aromatic carbocycles. The topological polar surface area (TPSA) is 34.6 Å². The summed E-state index contributed by atoms with van der Waals surface area (Å²) in [4.78, 5) is 8.26. The highest BCUT2D eigenvalue weighted by molar-refractivity contribution is 5.60. The summed E-state index contributed by atoms with van der Waals surface area (Å²) in [5.74, 6) is 1.28. The summed E-state index contributed by atoms with van der Waals surface area (Å²) in [6.07, 6.45) is 25.2. The van der Waals surface area contributed by atoms with Crippen LogP contribution in [0.3, 0.4) is 0 Å². The van der Waals surface area contributed by atoms with Gasteiger partial charge in [-0.1, -0.05) is 36.5 Å². The molecule has 3 saturated carbocycles. The average Bonchev–Trinajstić information content (AvgIpc) is 3.23. The molecule has 3 fully saturated rings. The summed E-state index contributed by atoms with van der Waals surface area (Å²) in [5, 5.41) is 9.60. The normalized spacial score (nSPS) is 30.6. The first kappa shape index (κ1) is 26.2. The highest BCUT2D eigenvalue weighted by Crippen LogP contribution is 2.38. The van der Waals surface area contributed by atoms with Crippen molar-refractivity contribution in [1.82, 2.24) is 9.80 Å². The lowest BCUT2D eigenvalue weighted by Crippen LogP contribution is -2.31. The average molecular weight is 459 g/mol. The van der Waals surface area contributed by atoms with Crippen LogP contribution in [0.1, 0.15) is 64.2 Å². The molecule has 0 radical (unpaired) electrons. The third-order valence-electron chi connectivity index (χ3n) is 8.07. The molecule has 0 atom stereocenters. The highest BCUT2D eigenvalue weighted by Gasteiger charge is 2.24. The van der Waals surface area contributed by atoms with Crippen molar-refractivity contribution < 1.29 is 0 Å². The van der Waals surface area contributed by atoms with Crippen LogP contribution in [0.15, 0.2) is 58.9 Å². The zero-order valence-corrected chi connectivity index (χ0v) is 21.6. The molecular formula is C30H42N4. The molecule has 182 valence electrons. The summed E-state index contributed by atoms with van der Waals surface area (Å²) < 4.78 is 0. The molecule has 34 heavy (non-hydrogen) atoms. The monoisotopic (exact) mass is 458 g/mol. The SMILES string of the molecule is [C-]#[N+]C(C#N)=C1C(=CC=CC2CCC(N(C)C)CC2)CCC1=CC=CC1CCC(N(C)C)CC1. The van der Waals surface area contributed by atoms with E-state index >= 15 is 0 Å². The lowest BCUT2D eigenvalue weighted by atomic mass is 9.85. The Bertz CT molecular complexity index is 842. The van der Waals surface area contributed by atoms with Gasteiger partial charge in [0.2, 0.25) is 0 Å². The summed E-state index contributed by atoms with van der Waals surface area (Å²) in [6, 6.07) is 3.58. The summed E-state index contributed by atoms with van der Waals surface area (Å²) >= 11 is 0. The van der Waals surface area contributed by atoms with Gasteiger partial charge in [-0.15, -0.1) is 0 Å². The number of hydrogen-bond acceptors (Lipinski definition) is 3. The molecule has 0 saturated heterocycles. The quantitative estimate of drug-likeness (QED) is 0.329. The Morgan fingerprint density at radius 3 is 1.53 bits per heavy atom. The molecule has 0 heterocycles. The number of nitrogens with zero attached hydrogens (tertiary/aromatic N) is 4. The molecule has 0 N–H and O–H groups in total. The Labute approximate surface area is 207 Å². The Kier molecular flexibility index (Phi) is 9.94. The fourth-order valence-corrected chi connectivity index (χ4v) is 5.78. The van der Waals surface area contributed by atoms with Crippen molar-refractivity contribution in [2.45, 2.75) is 76.3 Å². The first-order chi connectivity index (χ1) is 16.4. The largest absolute Gasteiger partial charge is 0.306 e. The molecular weight excluding hydrogens is 416 g/mol. The van der Waals surface area contributed by atoms with Gasteiger partial charge in [-0.25, -0.2) is 10.1 Å². The Hall–Kier alpha value is -2.40. The first-order valence-electron chi connectivity index (χ1n) is 13.0. The molecule has 3 aliphatic carbocycles. The minimum Gasteiger partial charge on any atom is -0.306 e. The zero-order chi connectivity index (χ0) is 24.5. The molecule has 0 aliphatic heterocycles. The van der Waals surface area contributed by atoms with E-state index in [-0.39, 0.29) is 5.70 Å². The van der Waals surface area contributed by atoms with Crippen LogP contribution < -0.4 is 0 Å². The Morgan fingerprint density at radius 1 is 0.794 bits per heavy atom. The minimum atomic E-state index is 0.231. The van der Waals surface area contributed by atoms with Crippen molar-refractivity contribution in [3.63, 3.8) is 0 Å². The van der Waals surface area contributed by atoms with E-state index in [1.165, 1.54) is 51.4 Å². The summed E-state index contributed by atoms with van der Waals surface area (Å²) in [7, 11) is 8.72. The van der Waals surface area contributed by atoms with Crippen LogP contribution in [0.25, 0.3) is 4.85 Å². The van der Waals surface area contributed by atoms with E-state index < -0.39 is 0 Å². The van der Waals surface area contributed by atoms with Crippen molar-refractivity contribution in [2.24, 2.45) is 11.8 Å². The Balaban J connectivity index is 1.66. The van der Waals surface area contributed by atoms with E-state index in [0.29, 0.717) is 23.9 Å². The van der Waals surface area contributed by atoms with Gasteiger partial charge in [0.15, 0.2) is 0 Å². The van der Waals surface area contributed by atoms with E-state index in [9.17, 15) is 5.26 Å². The number of nitriles is 1. The molecule has 0 aromatic heterocycles. The van der Waals surface area contributed by atoms with Gasteiger partial charge in [0.25, 0.3) is 5.70 Å². The van der Waals surface area contributed by atoms with Crippen molar-refractivity contribution >= 4 is 0 Å². The van der Waals surface area contributed by atoms with Crippen LogP contribution in [0.2, 0.25) is 0 Å². The first-order valence-corrected chi connectivity index (χ1v) is 13.0. The molecule has 4 heteroatoms. The van der Waals surface area contributed by atoms with Crippen LogP contribution >= 0.6 is 0 Å². The molecule has 0 spiro atoms. The summed E-state index contributed by atoms with van der Waals surface area (Å²) in [6.45, 7) is 7.53. The fourth-order valence-electron chi connectivity index (χ4n) is 5.78. The molecule has 0 bridgehead atoms. The highest BCUT2D eigenvalue weighted by atomic mass is 15.1. The van der Waals surface area contributed by atoms with Gasteiger partial charge in [0, 0.05) is 12.1 Å². The maximum Gasteiger partial charge on any atom is 0.269 e. The fraction of sp³-hybridized carbons (Fsp3) is 0.600. The number of allylic oxidation sites excluding steroid dienone is 10. The zero-order valence-electron chi connectivity index (χ0n) is 21.6. The van der Waals surface area contributed by atoms with E-state index in [1.54, 1.807) is 0 Å². The van der Waals surface area contributed by atoms with Crippen molar-refractivity contribution in [2.75, 3.05) is 28.2 Å².